The van der Waals surface area contributed by atoms with Crippen LogP contribution in [0.15, 0.2) is 24.3 Å². The van der Waals surface area contributed by atoms with E-state index in [0.29, 0.717) is 5.75 Å². The fourth-order valence-corrected chi connectivity index (χ4v) is 2.73. The van der Waals surface area contributed by atoms with Crippen LogP contribution in [0.25, 0.3) is 0 Å². The van der Waals surface area contributed by atoms with Gasteiger partial charge in [-0.15, -0.1) is 0 Å². The molecule has 0 aliphatic heterocycles. The Morgan fingerprint density at radius 3 is 1.71 bits per heavy atom. The number of ether oxygens (including phenoxy) is 1. The topological polar surface area (TPSA) is 42.0 Å². The molecule has 0 atom stereocenters. The molecule has 0 aliphatic rings. The van der Waals surface area contributed by atoms with Gasteiger partial charge in [0.1, 0.15) is 11.5 Å². The molecule has 0 bridgehead atoms. The summed E-state index contributed by atoms with van der Waals surface area (Å²) in [5.41, 5.74) is 0. The van der Waals surface area contributed by atoms with Crippen LogP contribution in [-0.2, 0) is 4.57 Å². The highest BCUT2D eigenvalue weighted by molar-refractivity contribution is 7.54. The zero-order chi connectivity index (χ0) is 13.1. The molecule has 0 saturated carbocycles. The first-order chi connectivity index (χ1) is 7.90. The summed E-state index contributed by atoms with van der Waals surface area (Å²) in [6, 6.07) is 7.01. The van der Waals surface area contributed by atoms with Crippen molar-refractivity contribution in [3.05, 3.63) is 24.3 Å². The van der Waals surface area contributed by atoms with Gasteiger partial charge >= 0.3 is 7.67 Å². The minimum absolute atomic E-state index is 0.552. The fraction of sp³-hybridized carbons (Fsp3) is 0.455. The Morgan fingerprint density at radius 2 is 1.35 bits per heavy atom. The van der Waals surface area contributed by atoms with E-state index in [4.69, 9.17) is 9.26 Å². The average Bonchev–Trinajstić information content (AvgIpc) is 2.29. The molecule has 0 unspecified atom stereocenters. The monoisotopic (exact) mass is 258 g/mol. The predicted octanol–water partition coefficient (Wildman–Crippen LogP) is 2.31. The lowest BCUT2D eigenvalue weighted by Crippen LogP contribution is -2.24. The highest BCUT2D eigenvalue weighted by atomic mass is 31.2. The second-order valence-corrected chi connectivity index (χ2v) is 6.72. The van der Waals surface area contributed by atoms with E-state index in [0.717, 1.165) is 5.75 Å². The molecule has 0 aromatic heterocycles. The third kappa shape index (κ3) is 3.22. The van der Waals surface area contributed by atoms with Gasteiger partial charge in [0, 0.05) is 0 Å². The van der Waals surface area contributed by atoms with Crippen molar-refractivity contribution in [2.75, 3.05) is 35.3 Å². The molecule has 5 nitrogen and oxygen atoms in total. The standard InChI is InChI=1S/C11H19N2O3P/c1-12(2)17(14,13(3)4)16-11-8-6-10(15-5)7-9-11/h6-9H,1-5H3. The number of rotatable bonds is 5. The van der Waals surface area contributed by atoms with Crippen molar-refractivity contribution in [2.24, 2.45) is 0 Å². The van der Waals surface area contributed by atoms with Crippen molar-refractivity contribution in [1.82, 2.24) is 9.34 Å². The van der Waals surface area contributed by atoms with Gasteiger partial charge in [-0.25, -0.2) is 13.9 Å². The molecular formula is C11H19N2O3P. The molecule has 6 heteroatoms. The Hall–Kier alpha value is -1.03. The second-order valence-electron chi connectivity index (χ2n) is 3.95. The highest BCUT2D eigenvalue weighted by Gasteiger charge is 2.30. The lowest BCUT2D eigenvalue weighted by Gasteiger charge is -2.29. The molecule has 1 aromatic carbocycles. The smallest absolute Gasteiger partial charge is 0.394 e. The first-order valence-electron chi connectivity index (χ1n) is 5.19. The lowest BCUT2D eigenvalue weighted by molar-refractivity contribution is 0.353. The van der Waals surface area contributed by atoms with E-state index < -0.39 is 7.67 Å². The van der Waals surface area contributed by atoms with E-state index in [9.17, 15) is 4.57 Å². The number of hydrogen-bond donors (Lipinski definition) is 0. The van der Waals surface area contributed by atoms with Gasteiger partial charge in [-0.05, 0) is 52.5 Å². The van der Waals surface area contributed by atoms with Crippen LogP contribution in [-0.4, -0.2) is 44.6 Å². The van der Waals surface area contributed by atoms with E-state index in [1.165, 1.54) is 0 Å². The van der Waals surface area contributed by atoms with Crippen LogP contribution in [0.1, 0.15) is 0 Å². The molecule has 0 heterocycles. The largest absolute Gasteiger partial charge is 0.497 e. The highest BCUT2D eigenvalue weighted by Crippen LogP contribution is 2.50. The SMILES string of the molecule is COc1ccc(OP(=O)(N(C)C)N(C)C)cc1. The molecule has 17 heavy (non-hydrogen) atoms. The Labute approximate surface area is 102 Å². The van der Waals surface area contributed by atoms with Crippen LogP contribution in [0.2, 0.25) is 0 Å². The first-order valence-corrected chi connectivity index (χ1v) is 6.72. The summed E-state index contributed by atoms with van der Waals surface area (Å²) in [6.45, 7) is 0. The van der Waals surface area contributed by atoms with E-state index in [1.54, 1.807) is 68.9 Å². The summed E-state index contributed by atoms with van der Waals surface area (Å²) < 4.78 is 26.3. The number of hydrogen-bond acceptors (Lipinski definition) is 3. The Balaban J connectivity index is 2.91. The molecule has 0 amide bonds. The van der Waals surface area contributed by atoms with E-state index in [1.807, 2.05) is 0 Å². The van der Waals surface area contributed by atoms with E-state index >= 15 is 0 Å². The van der Waals surface area contributed by atoms with E-state index in [-0.39, 0.29) is 0 Å². The zero-order valence-corrected chi connectivity index (χ0v) is 11.8. The maximum Gasteiger partial charge on any atom is 0.394 e. The van der Waals surface area contributed by atoms with Gasteiger partial charge in [-0.1, -0.05) is 0 Å². The molecular weight excluding hydrogens is 239 g/mol. The van der Waals surface area contributed by atoms with Crippen molar-refractivity contribution in [3.63, 3.8) is 0 Å². The van der Waals surface area contributed by atoms with Gasteiger partial charge in [-0.2, -0.15) is 0 Å². The summed E-state index contributed by atoms with van der Waals surface area (Å²) in [6.07, 6.45) is 0. The van der Waals surface area contributed by atoms with Crippen molar-refractivity contribution in [2.45, 2.75) is 0 Å². The molecule has 0 spiro atoms. The van der Waals surface area contributed by atoms with Crippen molar-refractivity contribution < 1.29 is 13.8 Å². The van der Waals surface area contributed by atoms with Crippen LogP contribution in [0.4, 0.5) is 0 Å². The molecule has 1 aromatic rings. The van der Waals surface area contributed by atoms with Crippen molar-refractivity contribution in [1.29, 1.82) is 0 Å². The third-order valence-electron chi connectivity index (χ3n) is 2.29. The summed E-state index contributed by atoms with van der Waals surface area (Å²) in [5, 5.41) is 0. The Bertz CT molecular complexity index is 392. The average molecular weight is 258 g/mol. The lowest BCUT2D eigenvalue weighted by atomic mass is 10.3. The van der Waals surface area contributed by atoms with E-state index in [2.05, 4.69) is 0 Å². The van der Waals surface area contributed by atoms with Gasteiger partial charge < -0.3 is 9.26 Å². The van der Waals surface area contributed by atoms with Gasteiger partial charge in [0.2, 0.25) is 0 Å². The zero-order valence-electron chi connectivity index (χ0n) is 10.9. The number of nitrogens with zero attached hydrogens (tertiary/aromatic N) is 2. The van der Waals surface area contributed by atoms with Crippen molar-refractivity contribution in [3.8, 4) is 11.5 Å². The first kappa shape index (κ1) is 14.0. The molecule has 0 N–H and O–H groups in total. The normalized spacial score (nSPS) is 11.9. The minimum Gasteiger partial charge on any atom is -0.497 e. The van der Waals surface area contributed by atoms with Gasteiger partial charge in [0.05, 0.1) is 7.11 Å². The van der Waals surface area contributed by atoms with Gasteiger partial charge in [-0.3, -0.25) is 0 Å². The molecule has 0 radical (unpaired) electrons. The third-order valence-corrected chi connectivity index (χ3v) is 4.77. The van der Waals surface area contributed by atoms with Crippen LogP contribution in [0.3, 0.4) is 0 Å². The summed E-state index contributed by atoms with van der Waals surface area (Å²) >= 11 is 0. The molecule has 1 rings (SSSR count). The van der Waals surface area contributed by atoms with Crippen LogP contribution in [0, 0.1) is 0 Å². The molecule has 0 aliphatic carbocycles. The Morgan fingerprint density at radius 1 is 0.941 bits per heavy atom. The minimum atomic E-state index is -2.98. The summed E-state index contributed by atoms with van der Waals surface area (Å²) in [5.74, 6) is 1.29. The number of methoxy groups -OCH3 is 1. The van der Waals surface area contributed by atoms with Gasteiger partial charge in [0.15, 0.2) is 0 Å². The predicted molar refractivity (Wildman–Crippen MR) is 68.6 cm³/mol. The summed E-state index contributed by atoms with van der Waals surface area (Å²) in [4.78, 5) is 0. The van der Waals surface area contributed by atoms with Crippen LogP contribution in [0.5, 0.6) is 11.5 Å². The van der Waals surface area contributed by atoms with Gasteiger partial charge in [0.25, 0.3) is 0 Å². The van der Waals surface area contributed by atoms with Crippen LogP contribution < -0.4 is 9.26 Å². The second kappa shape index (κ2) is 5.54. The number of benzene rings is 1. The maximum absolute atomic E-state index is 12.5. The fourth-order valence-electron chi connectivity index (χ4n) is 1.29. The Kier molecular flexibility index (Phi) is 4.57. The molecule has 0 fully saturated rings. The molecule has 0 saturated heterocycles. The quantitative estimate of drug-likeness (QED) is 0.758. The van der Waals surface area contributed by atoms with Crippen molar-refractivity contribution >= 4 is 7.67 Å². The van der Waals surface area contributed by atoms with Crippen LogP contribution >= 0.6 is 7.67 Å². The maximum atomic E-state index is 12.5. The molecule has 96 valence electrons. The summed E-state index contributed by atoms with van der Waals surface area (Å²) in [7, 11) is 5.52.